The maximum atomic E-state index is 11.6. The Morgan fingerprint density at radius 3 is 2.54 bits per heavy atom. The molecule has 1 aromatic heterocycles. The van der Waals surface area contributed by atoms with Gasteiger partial charge >= 0.3 is 0 Å². The molecule has 138 valence electrons. The lowest BCUT2D eigenvalue weighted by molar-refractivity contribution is -0.119. The van der Waals surface area contributed by atoms with Crippen molar-refractivity contribution in [1.82, 2.24) is 16.0 Å². The molecule has 0 saturated carbocycles. The average molecular weight is 452 g/mol. The van der Waals surface area contributed by atoms with Crippen LogP contribution in [0.25, 0.3) is 0 Å². The molecule has 1 aromatic rings. The summed E-state index contributed by atoms with van der Waals surface area (Å²) < 4.78 is 5.47. The van der Waals surface area contributed by atoms with Crippen LogP contribution in [-0.4, -0.2) is 43.2 Å². The fourth-order valence-corrected chi connectivity index (χ4v) is 1.88. The number of hydrogen-bond acceptors (Lipinski definition) is 4. The van der Waals surface area contributed by atoms with Crippen molar-refractivity contribution in [3.63, 3.8) is 0 Å². The van der Waals surface area contributed by atoms with Gasteiger partial charge in [-0.1, -0.05) is 6.92 Å². The monoisotopic (exact) mass is 452 g/mol. The predicted octanol–water partition coefficient (Wildman–Crippen LogP) is 1.49. The first-order chi connectivity index (χ1) is 10.9. The van der Waals surface area contributed by atoms with Crippen LogP contribution >= 0.6 is 24.0 Å². The molecule has 1 unspecified atom stereocenters. The van der Waals surface area contributed by atoms with Gasteiger partial charge in [0, 0.05) is 13.1 Å². The van der Waals surface area contributed by atoms with E-state index in [1.54, 1.807) is 19.1 Å². The van der Waals surface area contributed by atoms with Gasteiger partial charge < -0.3 is 25.5 Å². The van der Waals surface area contributed by atoms with Crippen LogP contribution in [0, 0.1) is 6.92 Å². The summed E-state index contributed by atoms with van der Waals surface area (Å²) in [4.78, 5) is 15.8. The number of furan rings is 1. The highest BCUT2D eigenvalue weighted by molar-refractivity contribution is 14.0. The van der Waals surface area contributed by atoms with Crippen LogP contribution in [0.2, 0.25) is 0 Å². The van der Waals surface area contributed by atoms with Crippen LogP contribution < -0.4 is 16.0 Å². The molecule has 0 spiro atoms. The molecule has 1 rings (SSSR count). The van der Waals surface area contributed by atoms with Gasteiger partial charge in [-0.3, -0.25) is 4.79 Å². The number of guanidine groups is 1. The van der Waals surface area contributed by atoms with E-state index in [4.69, 9.17) is 4.42 Å². The highest BCUT2D eigenvalue weighted by Gasteiger charge is 2.27. The van der Waals surface area contributed by atoms with Gasteiger partial charge in [0.25, 0.3) is 0 Å². The third-order valence-corrected chi connectivity index (χ3v) is 3.17. The van der Waals surface area contributed by atoms with Crippen molar-refractivity contribution in [1.29, 1.82) is 0 Å². The second kappa shape index (κ2) is 11.3. The highest BCUT2D eigenvalue weighted by Crippen LogP contribution is 2.21. The minimum atomic E-state index is -1.17. The summed E-state index contributed by atoms with van der Waals surface area (Å²) in [5, 5.41) is 19.3. The Labute approximate surface area is 160 Å². The first-order valence-corrected chi connectivity index (χ1v) is 7.97. The zero-order chi connectivity index (χ0) is 17.3. The zero-order valence-electron chi connectivity index (χ0n) is 14.8. The summed E-state index contributed by atoms with van der Waals surface area (Å²) in [6.45, 7) is 8.97. The summed E-state index contributed by atoms with van der Waals surface area (Å²) in [5.41, 5.74) is -1.17. The lowest BCUT2D eigenvalue weighted by atomic mass is 10.0. The molecule has 0 aliphatic rings. The van der Waals surface area contributed by atoms with Crippen LogP contribution in [0.5, 0.6) is 0 Å². The highest BCUT2D eigenvalue weighted by atomic mass is 127. The maximum absolute atomic E-state index is 11.6. The molecule has 0 aromatic carbocycles. The van der Waals surface area contributed by atoms with Crippen molar-refractivity contribution in [2.45, 2.75) is 39.7 Å². The van der Waals surface area contributed by atoms with Gasteiger partial charge in [-0.25, -0.2) is 4.99 Å². The molecule has 0 bridgehead atoms. The van der Waals surface area contributed by atoms with E-state index in [2.05, 4.69) is 20.9 Å². The first kappa shape index (κ1) is 22.7. The van der Waals surface area contributed by atoms with Crippen molar-refractivity contribution in [2.24, 2.45) is 4.99 Å². The molecule has 0 saturated heterocycles. The summed E-state index contributed by atoms with van der Waals surface area (Å²) >= 11 is 0. The fraction of sp³-hybridized carbons (Fsp3) is 0.625. The van der Waals surface area contributed by atoms with E-state index in [0.717, 1.165) is 12.2 Å². The van der Waals surface area contributed by atoms with Gasteiger partial charge in [0.2, 0.25) is 5.91 Å². The number of nitrogens with one attached hydrogen (secondary N) is 3. The van der Waals surface area contributed by atoms with Crippen molar-refractivity contribution in [2.75, 3.05) is 26.2 Å². The van der Waals surface area contributed by atoms with Crippen LogP contribution in [0.3, 0.4) is 0 Å². The lowest BCUT2D eigenvalue weighted by Crippen LogP contribution is -2.45. The second-order valence-corrected chi connectivity index (χ2v) is 5.58. The van der Waals surface area contributed by atoms with E-state index in [1.807, 2.05) is 20.8 Å². The van der Waals surface area contributed by atoms with Gasteiger partial charge in [-0.05, 0) is 39.3 Å². The van der Waals surface area contributed by atoms with Gasteiger partial charge in [0.1, 0.15) is 23.7 Å². The minimum Gasteiger partial charge on any atom is -0.463 e. The van der Waals surface area contributed by atoms with Gasteiger partial charge in [0.05, 0.1) is 6.54 Å². The largest absolute Gasteiger partial charge is 0.463 e. The number of amides is 1. The average Bonchev–Trinajstić information content (AvgIpc) is 2.95. The number of aliphatic imine (C=N–C) groups is 1. The van der Waals surface area contributed by atoms with E-state index in [0.29, 0.717) is 24.8 Å². The van der Waals surface area contributed by atoms with Crippen LogP contribution in [0.15, 0.2) is 21.5 Å². The number of carbonyl (C=O) groups excluding carboxylic acids is 1. The molecular weight excluding hydrogens is 423 g/mol. The number of halogens is 1. The Balaban J connectivity index is 0.00000529. The molecule has 0 radical (unpaired) electrons. The van der Waals surface area contributed by atoms with E-state index >= 15 is 0 Å². The molecule has 4 N–H and O–H groups in total. The minimum absolute atomic E-state index is 0. The molecule has 0 aliphatic heterocycles. The Morgan fingerprint density at radius 1 is 1.29 bits per heavy atom. The van der Waals surface area contributed by atoms with Crippen LogP contribution in [0.4, 0.5) is 0 Å². The molecular formula is C16H29IN4O3. The lowest BCUT2D eigenvalue weighted by Gasteiger charge is -2.22. The van der Waals surface area contributed by atoms with Crippen molar-refractivity contribution in [3.8, 4) is 0 Å². The number of rotatable bonds is 8. The van der Waals surface area contributed by atoms with Crippen LogP contribution in [0.1, 0.15) is 38.7 Å². The van der Waals surface area contributed by atoms with E-state index in [1.165, 1.54) is 0 Å². The van der Waals surface area contributed by atoms with Gasteiger partial charge in [0.15, 0.2) is 5.96 Å². The normalized spacial score (nSPS) is 13.6. The maximum Gasteiger partial charge on any atom is 0.241 e. The van der Waals surface area contributed by atoms with Crippen LogP contribution in [-0.2, 0) is 10.4 Å². The van der Waals surface area contributed by atoms with Gasteiger partial charge in [-0.15, -0.1) is 24.0 Å². The zero-order valence-corrected chi connectivity index (χ0v) is 17.1. The fourth-order valence-electron chi connectivity index (χ4n) is 1.88. The summed E-state index contributed by atoms with van der Waals surface area (Å²) in [6.07, 6.45) is 0.888. The Morgan fingerprint density at radius 2 is 2.00 bits per heavy atom. The smallest absolute Gasteiger partial charge is 0.241 e. The van der Waals surface area contributed by atoms with Gasteiger partial charge in [-0.2, -0.15) is 0 Å². The Kier molecular flexibility index (Phi) is 10.7. The van der Waals surface area contributed by atoms with Crippen molar-refractivity contribution in [3.05, 3.63) is 23.7 Å². The third kappa shape index (κ3) is 8.00. The summed E-state index contributed by atoms with van der Waals surface area (Å²) in [5.74, 6) is 1.58. The summed E-state index contributed by atoms with van der Waals surface area (Å²) in [7, 11) is 0. The Bertz CT molecular complexity index is 529. The van der Waals surface area contributed by atoms with Crippen molar-refractivity contribution < 1.29 is 14.3 Å². The number of aryl methyl sites for hydroxylation is 1. The molecule has 24 heavy (non-hydrogen) atoms. The number of carbonyl (C=O) groups is 1. The molecule has 7 nitrogen and oxygen atoms in total. The number of aliphatic hydroxyl groups is 1. The molecule has 1 heterocycles. The molecule has 1 amide bonds. The predicted molar refractivity (Wildman–Crippen MR) is 106 cm³/mol. The SMILES string of the molecule is CCCNC(=O)CN=C(NCC)NCC(C)(O)c1ccc(C)o1.I. The molecule has 1 atom stereocenters. The standard InChI is InChI=1S/C16H28N4O3.HI/c1-5-9-18-14(21)10-19-15(17-6-2)20-11-16(4,22)13-8-7-12(3)23-13;/h7-8,22H,5-6,9-11H2,1-4H3,(H,18,21)(H2,17,19,20);1H. The van der Waals surface area contributed by atoms with Crippen molar-refractivity contribution >= 4 is 35.8 Å². The second-order valence-electron chi connectivity index (χ2n) is 5.58. The van der Waals surface area contributed by atoms with E-state index < -0.39 is 5.60 Å². The van der Waals surface area contributed by atoms with E-state index in [-0.39, 0.29) is 43.0 Å². The Hall–Kier alpha value is -1.29. The first-order valence-electron chi connectivity index (χ1n) is 7.97. The molecule has 0 fully saturated rings. The van der Waals surface area contributed by atoms with E-state index in [9.17, 15) is 9.90 Å². The third-order valence-electron chi connectivity index (χ3n) is 3.17. The molecule has 0 aliphatic carbocycles. The number of hydrogen-bond donors (Lipinski definition) is 4. The molecule has 8 heteroatoms. The topological polar surface area (TPSA) is 98.9 Å². The summed E-state index contributed by atoms with van der Waals surface area (Å²) in [6, 6.07) is 3.56. The number of nitrogens with zero attached hydrogens (tertiary/aromatic N) is 1. The quantitative estimate of drug-likeness (QED) is 0.272.